The van der Waals surface area contributed by atoms with E-state index in [1.54, 1.807) is 6.08 Å². The molecule has 1 saturated heterocycles. The number of amides is 2. The molecular formula is C25H30N2O2. The number of nitrogens with one attached hydrogen (secondary N) is 1. The van der Waals surface area contributed by atoms with Crippen LogP contribution in [0, 0.1) is 12.8 Å². The molecular weight excluding hydrogens is 360 g/mol. The number of piperidine rings is 1. The Balaban J connectivity index is 1.50. The minimum Gasteiger partial charge on any atom is -0.349 e. The molecule has 0 aromatic heterocycles. The highest BCUT2D eigenvalue weighted by Crippen LogP contribution is 2.22. The Kier molecular flexibility index (Phi) is 7.23. The number of hydrogen-bond donors (Lipinski definition) is 1. The van der Waals surface area contributed by atoms with Gasteiger partial charge in [-0.2, -0.15) is 0 Å². The summed E-state index contributed by atoms with van der Waals surface area (Å²) in [6.45, 7) is 5.40. The fourth-order valence-corrected chi connectivity index (χ4v) is 3.71. The van der Waals surface area contributed by atoms with Crippen LogP contribution in [0.15, 0.2) is 60.7 Å². The van der Waals surface area contributed by atoms with Crippen LogP contribution in [-0.2, 0) is 9.59 Å². The normalized spacial score (nSPS) is 16.0. The molecule has 3 rings (SSSR count). The zero-order valence-electron chi connectivity index (χ0n) is 17.3. The van der Waals surface area contributed by atoms with Crippen molar-refractivity contribution >= 4 is 17.9 Å². The largest absolute Gasteiger partial charge is 0.349 e. The van der Waals surface area contributed by atoms with Gasteiger partial charge < -0.3 is 10.2 Å². The van der Waals surface area contributed by atoms with E-state index in [0.29, 0.717) is 25.9 Å². The molecule has 4 heteroatoms. The van der Waals surface area contributed by atoms with Gasteiger partial charge >= 0.3 is 0 Å². The Labute approximate surface area is 173 Å². The minimum atomic E-state index is -0.0309. The van der Waals surface area contributed by atoms with Crippen molar-refractivity contribution in [2.45, 2.75) is 39.2 Å². The van der Waals surface area contributed by atoms with E-state index in [2.05, 4.69) is 43.4 Å². The predicted molar refractivity (Wildman–Crippen MR) is 117 cm³/mol. The first kappa shape index (κ1) is 20.8. The van der Waals surface area contributed by atoms with Crippen molar-refractivity contribution in [3.63, 3.8) is 0 Å². The molecule has 2 aromatic carbocycles. The number of carbonyl (C=O) groups is 2. The van der Waals surface area contributed by atoms with Gasteiger partial charge in [-0.1, -0.05) is 67.1 Å². The van der Waals surface area contributed by atoms with E-state index < -0.39 is 0 Å². The van der Waals surface area contributed by atoms with Crippen molar-refractivity contribution in [3.05, 3.63) is 77.4 Å². The lowest BCUT2D eigenvalue weighted by molar-refractivity contribution is -0.132. The van der Waals surface area contributed by atoms with Crippen LogP contribution in [0.5, 0.6) is 0 Å². The second-order valence-corrected chi connectivity index (χ2v) is 7.72. The maximum absolute atomic E-state index is 12.8. The summed E-state index contributed by atoms with van der Waals surface area (Å²) in [5.74, 6) is 0.0832. The number of hydrogen-bond acceptors (Lipinski definition) is 2. The minimum absolute atomic E-state index is 0.0128. The lowest BCUT2D eigenvalue weighted by Crippen LogP contribution is -2.43. The maximum atomic E-state index is 12.8. The van der Waals surface area contributed by atoms with Crippen molar-refractivity contribution in [1.29, 1.82) is 0 Å². The van der Waals surface area contributed by atoms with Crippen molar-refractivity contribution < 1.29 is 9.59 Å². The molecule has 0 saturated carbocycles. The second-order valence-electron chi connectivity index (χ2n) is 7.72. The molecule has 1 unspecified atom stereocenters. The van der Waals surface area contributed by atoms with Crippen LogP contribution in [0.4, 0.5) is 0 Å². The van der Waals surface area contributed by atoms with Crippen molar-refractivity contribution in [2.24, 2.45) is 5.92 Å². The van der Waals surface area contributed by atoms with Gasteiger partial charge in [-0.3, -0.25) is 9.59 Å². The van der Waals surface area contributed by atoms with Crippen LogP contribution in [0.1, 0.15) is 48.9 Å². The smallest absolute Gasteiger partial charge is 0.246 e. The lowest BCUT2D eigenvalue weighted by Gasteiger charge is -2.31. The van der Waals surface area contributed by atoms with Gasteiger partial charge in [-0.05, 0) is 43.4 Å². The summed E-state index contributed by atoms with van der Waals surface area (Å²) in [6, 6.07) is 18.2. The summed E-state index contributed by atoms with van der Waals surface area (Å²) in [5, 5.41) is 3.21. The van der Waals surface area contributed by atoms with E-state index >= 15 is 0 Å². The molecule has 0 aliphatic carbocycles. The highest BCUT2D eigenvalue weighted by molar-refractivity contribution is 5.92. The lowest BCUT2D eigenvalue weighted by atomic mass is 9.94. The van der Waals surface area contributed by atoms with E-state index in [4.69, 9.17) is 0 Å². The third kappa shape index (κ3) is 5.80. The molecule has 1 N–H and O–H groups in total. The summed E-state index contributed by atoms with van der Waals surface area (Å²) in [4.78, 5) is 27.0. The number of rotatable bonds is 6. The Hall–Kier alpha value is -2.88. The third-order valence-electron chi connectivity index (χ3n) is 5.60. The van der Waals surface area contributed by atoms with E-state index in [1.165, 1.54) is 5.56 Å². The van der Waals surface area contributed by atoms with Gasteiger partial charge in [0.2, 0.25) is 11.8 Å². The summed E-state index contributed by atoms with van der Waals surface area (Å²) in [7, 11) is 0. The molecule has 1 aliphatic heterocycles. The highest BCUT2D eigenvalue weighted by atomic mass is 16.2. The average Bonchev–Trinajstić information content (AvgIpc) is 2.77. The molecule has 1 heterocycles. The number of carbonyl (C=O) groups excluding carboxylic acids is 2. The molecule has 4 nitrogen and oxygen atoms in total. The van der Waals surface area contributed by atoms with Gasteiger partial charge in [0.25, 0.3) is 0 Å². The summed E-state index contributed by atoms with van der Waals surface area (Å²) < 4.78 is 0. The molecule has 29 heavy (non-hydrogen) atoms. The highest BCUT2D eigenvalue weighted by Gasteiger charge is 2.27. The summed E-state index contributed by atoms with van der Waals surface area (Å²) in [5.41, 5.74) is 3.37. The average molecular weight is 391 g/mol. The quantitative estimate of drug-likeness (QED) is 0.738. The van der Waals surface area contributed by atoms with Crippen molar-refractivity contribution in [2.75, 3.05) is 13.1 Å². The van der Waals surface area contributed by atoms with Gasteiger partial charge in [-0.25, -0.2) is 0 Å². The first-order chi connectivity index (χ1) is 14.1. The molecule has 0 spiro atoms. The molecule has 1 fully saturated rings. The van der Waals surface area contributed by atoms with Crippen LogP contribution in [0.25, 0.3) is 6.08 Å². The van der Waals surface area contributed by atoms with E-state index in [0.717, 1.165) is 17.5 Å². The van der Waals surface area contributed by atoms with Crippen LogP contribution >= 0.6 is 0 Å². The molecule has 0 radical (unpaired) electrons. The maximum Gasteiger partial charge on any atom is 0.246 e. The fourth-order valence-electron chi connectivity index (χ4n) is 3.71. The molecule has 152 valence electrons. The van der Waals surface area contributed by atoms with Crippen LogP contribution in [0.2, 0.25) is 0 Å². The number of likely N-dealkylation sites (tertiary alicyclic amines) is 1. The topological polar surface area (TPSA) is 49.4 Å². The van der Waals surface area contributed by atoms with Crippen LogP contribution in [0.3, 0.4) is 0 Å². The van der Waals surface area contributed by atoms with Gasteiger partial charge in [0, 0.05) is 25.1 Å². The standard InChI is InChI=1S/C25H30N2O2/c1-3-23(21-12-9-19(2)10-13-21)26-25(29)22-15-17-27(18-16-22)24(28)14-11-20-7-5-4-6-8-20/h4-14,22-23H,3,15-18H2,1-2H3,(H,26,29)/b14-11+. The third-order valence-corrected chi connectivity index (χ3v) is 5.60. The van der Waals surface area contributed by atoms with Crippen LogP contribution < -0.4 is 5.32 Å². The van der Waals surface area contributed by atoms with Crippen molar-refractivity contribution in [1.82, 2.24) is 10.2 Å². The molecule has 1 aliphatic rings. The number of benzene rings is 2. The molecule has 2 amide bonds. The zero-order chi connectivity index (χ0) is 20.6. The fraction of sp³-hybridized carbons (Fsp3) is 0.360. The van der Waals surface area contributed by atoms with E-state index in [-0.39, 0.29) is 23.8 Å². The molecule has 0 bridgehead atoms. The van der Waals surface area contributed by atoms with Gasteiger partial charge in [0.15, 0.2) is 0 Å². The van der Waals surface area contributed by atoms with Crippen LogP contribution in [-0.4, -0.2) is 29.8 Å². The first-order valence-electron chi connectivity index (χ1n) is 10.5. The monoisotopic (exact) mass is 390 g/mol. The van der Waals surface area contributed by atoms with E-state index in [9.17, 15) is 9.59 Å². The predicted octanol–water partition coefficient (Wildman–Crippen LogP) is 4.51. The van der Waals surface area contributed by atoms with Gasteiger partial charge in [0.1, 0.15) is 0 Å². The summed E-state index contributed by atoms with van der Waals surface area (Å²) in [6.07, 6.45) is 5.74. The molecule has 2 aromatic rings. The SMILES string of the molecule is CCC(NC(=O)C1CCN(C(=O)/C=C/c2ccccc2)CC1)c1ccc(C)cc1. The molecule has 1 atom stereocenters. The number of nitrogens with zero attached hydrogens (tertiary/aromatic N) is 1. The second kappa shape index (κ2) is 10.1. The first-order valence-corrected chi connectivity index (χ1v) is 10.5. The zero-order valence-corrected chi connectivity index (χ0v) is 17.3. The Bertz CT molecular complexity index is 835. The van der Waals surface area contributed by atoms with E-state index in [1.807, 2.05) is 41.3 Å². The Morgan fingerprint density at radius 1 is 1.07 bits per heavy atom. The van der Waals surface area contributed by atoms with Crippen molar-refractivity contribution in [3.8, 4) is 0 Å². The Morgan fingerprint density at radius 3 is 2.34 bits per heavy atom. The van der Waals surface area contributed by atoms with Gasteiger partial charge in [-0.15, -0.1) is 0 Å². The Morgan fingerprint density at radius 2 is 1.72 bits per heavy atom. The van der Waals surface area contributed by atoms with Gasteiger partial charge in [0.05, 0.1) is 6.04 Å². The number of aryl methyl sites for hydroxylation is 1. The summed E-state index contributed by atoms with van der Waals surface area (Å²) >= 11 is 0.